The van der Waals surface area contributed by atoms with Gasteiger partial charge in [0.25, 0.3) is 0 Å². The minimum absolute atomic E-state index is 0.0350. The van der Waals surface area contributed by atoms with E-state index in [2.05, 4.69) is 10.6 Å². The van der Waals surface area contributed by atoms with Gasteiger partial charge in [-0.05, 0) is 37.0 Å². The molecule has 7 heteroatoms. The van der Waals surface area contributed by atoms with E-state index in [4.69, 9.17) is 11.6 Å². The van der Waals surface area contributed by atoms with Crippen LogP contribution in [0.1, 0.15) is 12.0 Å². The Labute approximate surface area is 130 Å². The number of nitrogens with one attached hydrogen (secondary N) is 2. The highest BCUT2D eigenvalue weighted by Gasteiger charge is 2.27. The van der Waals surface area contributed by atoms with Crippen molar-refractivity contribution < 1.29 is 13.2 Å². The SMILES string of the molecule is Cc1ccc(NCC(=O)NCC2CCS(=O)(=O)C2)cc1Cl. The molecule has 1 unspecified atom stereocenters. The van der Waals surface area contributed by atoms with E-state index in [1.54, 1.807) is 6.07 Å². The van der Waals surface area contributed by atoms with Gasteiger partial charge in [0.05, 0.1) is 18.1 Å². The normalized spacial score (nSPS) is 20.2. The molecule has 116 valence electrons. The van der Waals surface area contributed by atoms with E-state index in [0.717, 1.165) is 11.3 Å². The van der Waals surface area contributed by atoms with E-state index < -0.39 is 9.84 Å². The Bertz CT molecular complexity index is 631. The second-order valence-electron chi connectivity index (χ2n) is 5.39. The summed E-state index contributed by atoms with van der Waals surface area (Å²) in [6.07, 6.45) is 0.629. The lowest BCUT2D eigenvalue weighted by Gasteiger charge is -2.11. The fraction of sp³-hybridized carbons (Fsp3) is 0.500. The van der Waals surface area contributed by atoms with Crippen molar-refractivity contribution in [2.75, 3.05) is 29.9 Å². The fourth-order valence-corrected chi connectivity index (χ4v) is 4.28. The summed E-state index contributed by atoms with van der Waals surface area (Å²) in [5.74, 6) is 0.283. The van der Waals surface area contributed by atoms with Gasteiger partial charge in [0.2, 0.25) is 5.91 Å². The van der Waals surface area contributed by atoms with Gasteiger partial charge in [0.15, 0.2) is 9.84 Å². The molecule has 5 nitrogen and oxygen atoms in total. The number of aryl methyl sites for hydroxylation is 1. The standard InChI is InChI=1S/C14H19ClN2O3S/c1-10-2-3-12(6-13(10)15)16-8-14(18)17-7-11-4-5-21(19,20)9-11/h2-3,6,11,16H,4-5,7-9H2,1H3,(H,17,18). The highest BCUT2D eigenvalue weighted by atomic mass is 35.5. The van der Waals surface area contributed by atoms with E-state index in [0.29, 0.717) is 18.0 Å². The summed E-state index contributed by atoms with van der Waals surface area (Å²) in [7, 11) is -2.89. The predicted octanol–water partition coefficient (Wildman–Crippen LogP) is 1.61. The molecule has 0 saturated carbocycles. The summed E-state index contributed by atoms with van der Waals surface area (Å²) in [6, 6.07) is 5.51. The Kier molecular flexibility index (Phi) is 5.11. The number of amides is 1. The molecule has 0 spiro atoms. The highest BCUT2D eigenvalue weighted by Crippen LogP contribution is 2.20. The van der Waals surface area contributed by atoms with Crippen molar-refractivity contribution in [1.29, 1.82) is 0 Å². The molecule has 1 heterocycles. The van der Waals surface area contributed by atoms with Crippen molar-refractivity contribution >= 4 is 33.0 Å². The summed E-state index contributed by atoms with van der Waals surface area (Å²) in [6.45, 7) is 2.46. The summed E-state index contributed by atoms with van der Waals surface area (Å²) in [4.78, 5) is 11.7. The molecule has 1 aromatic carbocycles. The summed E-state index contributed by atoms with van der Waals surface area (Å²) in [5.41, 5.74) is 1.76. The molecule has 0 aliphatic carbocycles. The topological polar surface area (TPSA) is 75.3 Å². The molecule has 2 rings (SSSR count). The van der Waals surface area contributed by atoms with E-state index in [1.807, 2.05) is 19.1 Å². The first kappa shape index (κ1) is 16.1. The van der Waals surface area contributed by atoms with Crippen LogP contribution in [-0.4, -0.2) is 38.9 Å². The maximum Gasteiger partial charge on any atom is 0.239 e. The van der Waals surface area contributed by atoms with Crippen LogP contribution < -0.4 is 10.6 Å². The zero-order valence-electron chi connectivity index (χ0n) is 11.9. The van der Waals surface area contributed by atoms with E-state index in [-0.39, 0.29) is 29.9 Å². The number of sulfone groups is 1. The molecule has 1 saturated heterocycles. The summed E-state index contributed by atoms with van der Waals surface area (Å²) >= 11 is 6.01. The Morgan fingerprint density at radius 3 is 2.81 bits per heavy atom. The van der Waals surface area contributed by atoms with Gasteiger partial charge in [-0.2, -0.15) is 0 Å². The van der Waals surface area contributed by atoms with Crippen molar-refractivity contribution in [3.05, 3.63) is 28.8 Å². The molecular weight excluding hydrogens is 312 g/mol. The molecule has 1 aromatic rings. The van der Waals surface area contributed by atoms with E-state index >= 15 is 0 Å². The van der Waals surface area contributed by atoms with Crippen LogP contribution in [0.25, 0.3) is 0 Å². The van der Waals surface area contributed by atoms with Crippen LogP contribution >= 0.6 is 11.6 Å². The Hall–Kier alpha value is -1.27. The van der Waals surface area contributed by atoms with Crippen molar-refractivity contribution in [1.82, 2.24) is 5.32 Å². The lowest BCUT2D eigenvalue weighted by Crippen LogP contribution is -2.34. The van der Waals surface area contributed by atoms with Gasteiger partial charge in [-0.15, -0.1) is 0 Å². The van der Waals surface area contributed by atoms with Crippen LogP contribution in [-0.2, 0) is 14.6 Å². The van der Waals surface area contributed by atoms with Crippen LogP contribution in [0, 0.1) is 12.8 Å². The molecule has 1 fully saturated rings. The molecule has 2 N–H and O–H groups in total. The van der Waals surface area contributed by atoms with Gasteiger partial charge in [0, 0.05) is 17.3 Å². The lowest BCUT2D eigenvalue weighted by atomic mass is 10.1. The monoisotopic (exact) mass is 330 g/mol. The first-order valence-corrected chi connectivity index (χ1v) is 9.03. The van der Waals surface area contributed by atoms with Gasteiger partial charge < -0.3 is 10.6 Å². The zero-order chi connectivity index (χ0) is 15.5. The third-order valence-electron chi connectivity index (χ3n) is 3.54. The third kappa shape index (κ3) is 4.89. The van der Waals surface area contributed by atoms with Gasteiger partial charge in [0.1, 0.15) is 0 Å². The number of carbonyl (C=O) groups excluding carboxylic acids is 1. The van der Waals surface area contributed by atoms with Crippen molar-refractivity contribution in [3.8, 4) is 0 Å². The number of halogens is 1. The van der Waals surface area contributed by atoms with Gasteiger partial charge in [-0.25, -0.2) is 8.42 Å². The second-order valence-corrected chi connectivity index (χ2v) is 8.03. The Morgan fingerprint density at radius 2 is 2.19 bits per heavy atom. The van der Waals surface area contributed by atoms with Crippen molar-refractivity contribution in [2.24, 2.45) is 5.92 Å². The first-order valence-electron chi connectivity index (χ1n) is 6.83. The molecular formula is C14H19ClN2O3S. The lowest BCUT2D eigenvalue weighted by molar-refractivity contribution is -0.119. The Morgan fingerprint density at radius 1 is 1.43 bits per heavy atom. The second kappa shape index (κ2) is 6.66. The van der Waals surface area contributed by atoms with Crippen LogP contribution in [0.3, 0.4) is 0 Å². The molecule has 1 aliphatic rings. The zero-order valence-corrected chi connectivity index (χ0v) is 13.4. The molecule has 21 heavy (non-hydrogen) atoms. The molecule has 1 atom stereocenters. The van der Waals surface area contributed by atoms with E-state index in [1.165, 1.54) is 0 Å². The van der Waals surface area contributed by atoms with Crippen LogP contribution in [0.15, 0.2) is 18.2 Å². The minimum atomic E-state index is -2.89. The highest BCUT2D eigenvalue weighted by molar-refractivity contribution is 7.91. The van der Waals surface area contributed by atoms with Crippen LogP contribution in [0.5, 0.6) is 0 Å². The number of hydrogen-bond acceptors (Lipinski definition) is 4. The van der Waals surface area contributed by atoms with Gasteiger partial charge in [-0.1, -0.05) is 17.7 Å². The number of benzene rings is 1. The van der Waals surface area contributed by atoms with Crippen LogP contribution in [0.4, 0.5) is 5.69 Å². The summed E-state index contributed by atoms with van der Waals surface area (Å²) in [5, 5.41) is 6.40. The molecule has 0 aromatic heterocycles. The minimum Gasteiger partial charge on any atom is -0.376 e. The van der Waals surface area contributed by atoms with Gasteiger partial charge >= 0.3 is 0 Å². The van der Waals surface area contributed by atoms with Crippen molar-refractivity contribution in [2.45, 2.75) is 13.3 Å². The quantitative estimate of drug-likeness (QED) is 0.860. The number of carbonyl (C=O) groups is 1. The maximum absolute atomic E-state index is 11.7. The molecule has 1 amide bonds. The molecule has 0 bridgehead atoms. The molecule has 0 radical (unpaired) electrons. The van der Waals surface area contributed by atoms with Gasteiger partial charge in [-0.3, -0.25) is 4.79 Å². The maximum atomic E-state index is 11.7. The fourth-order valence-electron chi connectivity index (χ4n) is 2.24. The summed E-state index contributed by atoms with van der Waals surface area (Å²) < 4.78 is 22.6. The predicted molar refractivity (Wildman–Crippen MR) is 84.4 cm³/mol. The first-order chi connectivity index (χ1) is 9.85. The smallest absolute Gasteiger partial charge is 0.239 e. The Balaban J connectivity index is 1.74. The number of rotatable bonds is 5. The van der Waals surface area contributed by atoms with Crippen molar-refractivity contribution in [3.63, 3.8) is 0 Å². The van der Waals surface area contributed by atoms with E-state index in [9.17, 15) is 13.2 Å². The number of anilines is 1. The van der Waals surface area contributed by atoms with Crippen LogP contribution in [0.2, 0.25) is 5.02 Å². The average Bonchev–Trinajstić information content (AvgIpc) is 2.77. The average molecular weight is 331 g/mol. The third-order valence-corrected chi connectivity index (χ3v) is 5.78. The number of hydrogen-bond donors (Lipinski definition) is 2. The largest absolute Gasteiger partial charge is 0.376 e. The molecule has 1 aliphatic heterocycles.